The minimum Gasteiger partial charge on any atom is -0.478 e. The summed E-state index contributed by atoms with van der Waals surface area (Å²) >= 11 is 0. The van der Waals surface area contributed by atoms with Gasteiger partial charge in [0.2, 0.25) is 0 Å². The highest BCUT2D eigenvalue weighted by Crippen LogP contribution is 2.15. The molecule has 114 valence electrons. The molecule has 1 unspecified atom stereocenters. The summed E-state index contributed by atoms with van der Waals surface area (Å²) in [4.78, 5) is 28.5. The Morgan fingerprint density at radius 2 is 2.33 bits per heavy atom. The predicted molar refractivity (Wildman–Crippen MR) is 76.4 cm³/mol. The van der Waals surface area contributed by atoms with Crippen molar-refractivity contribution in [2.45, 2.75) is 25.9 Å². The van der Waals surface area contributed by atoms with E-state index >= 15 is 0 Å². The van der Waals surface area contributed by atoms with E-state index in [2.05, 4.69) is 10.3 Å². The molecular formula is C14H19N3O4. The number of carbonyl (C=O) groups excluding carboxylic acids is 1. The number of rotatable bonds is 5. The Kier molecular flexibility index (Phi) is 5.10. The molecule has 0 radical (unpaired) electrons. The largest absolute Gasteiger partial charge is 0.478 e. The number of nitrogens with zero attached hydrogens (tertiary/aromatic N) is 2. The average molecular weight is 293 g/mol. The van der Waals surface area contributed by atoms with E-state index in [9.17, 15) is 9.59 Å². The van der Waals surface area contributed by atoms with Crippen molar-refractivity contribution >= 4 is 17.7 Å². The molecule has 7 nitrogen and oxygen atoms in total. The lowest BCUT2D eigenvalue weighted by atomic mass is 10.2. The van der Waals surface area contributed by atoms with E-state index < -0.39 is 5.97 Å². The molecule has 2 N–H and O–H groups in total. The number of amides is 2. The van der Waals surface area contributed by atoms with Gasteiger partial charge in [0, 0.05) is 25.9 Å². The van der Waals surface area contributed by atoms with Crippen LogP contribution in [0.4, 0.5) is 10.5 Å². The molecular weight excluding hydrogens is 274 g/mol. The smallest absolute Gasteiger partial charge is 0.337 e. The maximum absolute atomic E-state index is 12.2. The Balaban J connectivity index is 1.98. The lowest BCUT2D eigenvalue weighted by Gasteiger charge is -2.24. The van der Waals surface area contributed by atoms with E-state index in [1.165, 1.54) is 18.5 Å². The first kappa shape index (κ1) is 15.2. The SMILES string of the molecule is CCN(CC1CCCO1)C(=O)Nc1cncc(C(=O)O)c1. The molecule has 1 aromatic rings. The summed E-state index contributed by atoms with van der Waals surface area (Å²) in [5, 5.41) is 11.6. The lowest BCUT2D eigenvalue weighted by Crippen LogP contribution is -2.40. The van der Waals surface area contributed by atoms with Crippen LogP contribution >= 0.6 is 0 Å². The summed E-state index contributed by atoms with van der Waals surface area (Å²) in [6.07, 6.45) is 4.72. The van der Waals surface area contributed by atoms with Crippen molar-refractivity contribution in [3.63, 3.8) is 0 Å². The van der Waals surface area contributed by atoms with Crippen LogP contribution in [0.15, 0.2) is 18.5 Å². The zero-order valence-corrected chi connectivity index (χ0v) is 11.9. The Labute approximate surface area is 122 Å². The molecule has 21 heavy (non-hydrogen) atoms. The fourth-order valence-electron chi connectivity index (χ4n) is 2.22. The molecule has 7 heteroatoms. The molecule has 0 bridgehead atoms. The second kappa shape index (κ2) is 7.03. The van der Waals surface area contributed by atoms with E-state index in [1.807, 2.05) is 6.92 Å². The predicted octanol–water partition coefficient (Wildman–Crippen LogP) is 1.81. The van der Waals surface area contributed by atoms with Crippen LogP contribution in [0.2, 0.25) is 0 Å². The molecule has 0 aromatic carbocycles. The second-order valence-corrected chi connectivity index (χ2v) is 4.87. The first-order chi connectivity index (χ1) is 10.1. The standard InChI is InChI=1S/C14H19N3O4/c1-2-17(9-12-4-3-5-21-12)14(20)16-11-6-10(13(18)19)7-15-8-11/h6-8,12H,2-5,9H2,1H3,(H,16,20)(H,18,19). The molecule has 1 atom stereocenters. The normalized spacial score (nSPS) is 17.5. The number of aromatic nitrogens is 1. The lowest BCUT2D eigenvalue weighted by molar-refractivity contribution is 0.0696. The van der Waals surface area contributed by atoms with E-state index in [-0.39, 0.29) is 17.7 Å². The molecule has 2 rings (SSSR count). The van der Waals surface area contributed by atoms with Gasteiger partial charge in [0.1, 0.15) is 0 Å². The van der Waals surface area contributed by atoms with Crippen molar-refractivity contribution in [3.8, 4) is 0 Å². The third-order valence-corrected chi connectivity index (χ3v) is 3.35. The molecule has 1 aromatic heterocycles. The maximum Gasteiger partial charge on any atom is 0.337 e. The van der Waals surface area contributed by atoms with Crippen molar-refractivity contribution in [1.82, 2.24) is 9.88 Å². The van der Waals surface area contributed by atoms with E-state index in [4.69, 9.17) is 9.84 Å². The van der Waals surface area contributed by atoms with Gasteiger partial charge in [0.05, 0.1) is 23.6 Å². The molecule has 1 aliphatic rings. The van der Waals surface area contributed by atoms with Gasteiger partial charge in [0.15, 0.2) is 0 Å². The van der Waals surface area contributed by atoms with E-state index in [1.54, 1.807) is 4.90 Å². The summed E-state index contributed by atoms with van der Waals surface area (Å²) in [5.41, 5.74) is 0.403. The number of hydrogen-bond donors (Lipinski definition) is 2. The molecule has 1 fully saturated rings. The molecule has 0 saturated carbocycles. The topological polar surface area (TPSA) is 91.8 Å². The maximum atomic E-state index is 12.2. The van der Waals surface area contributed by atoms with Crippen LogP contribution < -0.4 is 5.32 Å². The van der Waals surface area contributed by atoms with Gasteiger partial charge >= 0.3 is 12.0 Å². The highest BCUT2D eigenvalue weighted by atomic mass is 16.5. The highest BCUT2D eigenvalue weighted by molar-refractivity contribution is 5.92. The van der Waals surface area contributed by atoms with Gasteiger partial charge in [-0.1, -0.05) is 0 Å². The van der Waals surface area contributed by atoms with E-state index in [0.29, 0.717) is 18.8 Å². The van der Waals surface area contributed by atoms with Gasteiger partial charge < -0.3 is 20.1 Å². The quantitative estimate of drug-likeness (QED) is 0.864. The van der Waals surface area contributed by atoms with Crippen molar-refractivity contribution in [2.75, 3.05) is 25.0 Å². The zero-order chi connectivity index (χ0) is 15.2. The zero-order valence-electron chi connectivity index (χ0n) is 11.9. The first-order valence-electron chi connectivity index (χ1n) is 6.96. The number of carbonyl (C=O) groups is 2. The third kappa shape index (κ3) is 4.16. The molecule has 0 aliphatic carbocycles. The van der Waals surface area contributed by atoms with Crippen LogP contribution in [0, 0.1) is 0 Å². The molecule has 1 saturated heterocycles. The monoisotopic (exact) mass is 293 g/mol. The minimum atomic E-state index is -1.08. The second-order valence-electron chi connectivity index (χ2n) is 4.87. The highest BCUT2D eigenvalue weighted by Gasteiger charge is 2.21. The van der Waals surface area contributed by atoms with Gasteiger partial charge in [-0.25, -0.2) is 9.59 Å². The fourth-order valence-corrected chi connectivity index (χ4v) is 2.22. The number of urea groups is 1. The third-order valence-electron chi connectivity index (χ3n) is 3.35. The summed E-state index contributed by atoms with van der Waals surface area (Å²) in [6.45, 7) is 3.72. The van der Waals surface area contributed by atoms with Crippen molar-refractivity contribution in [3.05, 3.63) is 24.0 Å². The molecule has 1 aliphatic heterocycles. The van der Waals surface area contributed by atoms with Crippen molar-refractivity contribution in [1.29, 1.82) is 0 Å². The number of anilines is 1. The summed E-state index contributed by atoms with van der Waals surface area (Å²) in [6, 6.07) is 1.10. The van der Waals surface area contributed by atoms with Gasteiger partial charge in [0.25, 0.3) is 0 Å². The van der Waals surface area contributed by atoms with Crippen molar-refractivity contribution < 1.29 is 19.4 Å². The number of carboxylic acids is 1. The van der Waals surface area contributed by atoms with E-state index in [0.717, 1.165) is 19.4 Å². The van der Waals surface area contributed by atoms with Crippen molar-refractivity contribution in [2.24, 2.45) is 0 Å². The van der Waals surface area contributed by atoms with Gasteiger partial charge in [-0.05, 0) is 25.8 Å². The van der Waals surface area contributed by atoms with Crippen LogP contribution in [0.3, 0.4) is 0 Å². The Hall–Kier alpha value is -2.15. The van der Waals surface area contributed by atoms with Crippen LogP contribution in [-0.4, -0.2) is 52.8 Å². The van der Waals surface area contributed by atoms with Crippen LogP contribution in [0.1, 0.15) is 30.1 Å². The fraction of sp³-hybridized carbons (Fsp3) is 0.500. The van der Waals surface area contributed by atoms with Gasteiger partial charge in [-0.15, -0.1) is 0 Å². The summed E-state index contributed by atoms with van der Waals surface area (Å²) in [7, 11) is 0. The Morgan fingerprint density at radius 1 is 1.52 bits per heavy atom. The summed E-state index contributed by atoms with van der Waals surface area (Å²) < 4.78 is 5.52. The number of aromatic carboxylic acids is 1. The number of pyridine rings is 1. The molecule has 2 heterocycles. The summed E-state index contributed by atoms with van der Waals surface area (Å²) in [5.74, 6) is -1.08. The van der Waals surface area contributed by atoms with Crippen LogP contribution in [-0.2, 0) is 4.74 Å². The van der Waals surface area contributed by atoms with Crippen LogP contribution in [0.5, 0.6) is 0 Å². The van der Waals surface area contributed by atoms with Gasteiger partial charge in [-0.2, -0.15) is 0 Å². The number of nitrogens with one attached hydrogen (secondary N) is 1. The average Bonchev–Trinajstić information content (AvgIpc) is 2.97. The molecule has 2 amide bonds. The van der Waals surface area contributed by atoms with Gasteiger partial charge in [-0.3, -0.25) is 4.98 Å². The number of carboxylic acid groups (broad SMARTS) is 1. The molecule has 0 spiro atoms. The number of likely N-dealkylation sites (N-methyl/N-ethyl adjacent to an activating group) is 1. The number of hydrogen-bond acceptors (Lipinski definition) is 4. The Morgan fingerprint density at radius 3 is 2.95 bits per heavy atom. The first-order valence-corrected chi connectivity index (χ1v) is 6.96. The number of ether oxygens (including phenoxy) is 1. The minimum absolute atomic E-state index is 0.0370. The Bertz CT molecular complexity index is 515. The van der Waals surface area contributed by atoms with Crippen LogP contribution in [0.25, 0.3) is 0 Å².